The topological polar surface area (TPSA) is 55.8 Å². The molecule has 3 rings (SSSR count). The van der Waals surface area contributed by atoms with E-state index in [0.29, 0.717) is 26.1 Å². The van der Waals surface area contributed by atoms with Crippen molar-refractivity contribution in [3.8, 4) is 0 Å². The summed E-state index contributed by atoms with van der Waals surface area (Å²) in [6, 6.07) is 2.98. The minimum atomic E-state index is -1.12. The van der Waals surface area contributed by atoms with Crippen molar-refractivity contribution in [1.29, 1.82) is 0 Å². The zero-order valence-electron chi connectivity index (χ0n) is 15.1. The summed E-state index contributed by atoms with van der Waals surface area (Å²) in [4.78, 5) is 26.9. The van der Waals surface area contributed by atoms with Crippen LogP contribution in [-0.2, 0) is 9.47 Å². The molecule has 2 heterocycles. The molecular weight excluding hydrogens is 344 g/mol. The van der Waals surface area contributed by atoms with Gasteiger partial charge in [-0.25, -0.2) is 13.6 Å². The molecule has 2 aliphatic rings. The first-order valence-electron chi connectivity index (χ1n) is 8.74. The molecule has 0 N–H and O–H groups in total. The molecule has 1 amide bonds. The summed E-state index contributed by atoms with van der Waals surface area (Å²) in [5.74, 6) is -3.06. The largest absolute Gasteiger partial charge is 0.444 e. The Morgan fingerprint density at radius 2 is 1.77 bits per heavy atom. The molecule has 1 aromatic rings. The van der Waals surface area contributed by atoms with E-state index in [4.69, 9.17) is 9.47 Å². The molecule has 0 spiro atoms. The van der Waals surface area contributed by atoms with Crippen LogP contribution in [-0.4, -0.2) is 47.7 Å². The SMILES string of the molecule is CC(C)(C)OC(=O)N1C2COCC1CC(C(=O)c1cccc(F)c1F)C2. The number of ether oxygens (including phenoxy) is 2. The zero-order valence-corrected chi connectivity index (χ0v) is 15.1. The van der Waals surface area contributed by atoms with E-state index < -0.39 is 35.0 Å². The van der Waals surface area contributed by atoms with Crippen molar-refractivity contribution in [2.75, 3.05) is 13.2 Å². The van der Waals surface area contributed by atoms with Gasteiger partial charge in [0.15, 0.2) is 17.4 Å². The van der Waals surface area contributed by atoms with Crippen LogP contribution in [0.5, 0.6) is 0 Å². The molecule has 2 aliphatic heterocycles. The monoisotopic (exact) mass is 367 g/mol. The van der Waals surface area contributed by atoms with Gasteiger partial charge in [-0.2, -0.15) is 0 Å². The highest BCUT2D eigenvalue weighted by Crippen LogP contribution is 2.35. The Kier molecular flexibility index (Phi) is 5.01. The highest BCUT2D eigenvalue weighted by Gasteiger charge is 2.45. The number of ketones is 1. The fourth-order valence-corrected chi connectivity index (χ4v) is 3.66. The summed E-state index contributed by atoms with van der Waals surface area (Å²) >= 11 is 0. The summed E-state index contributed by atoms with van der Waals surface area (Å²) in [6.45, 7) is 5.97. The fraction of sp³-hybridized carbons (Fsp3) is 0.579. The molecule has 7 heteroatoms. The van der Waals surface area contributed by atoms with Gasteiger partial charge in [-0.15, -0.1) is 0 Å². The van der Waals surface area contributed by atoms with Gasteiger partial charge >= 0.3 is 6.09 Å². The maximum Gasteiger partial charge on any atom is 0.410 e. The van der Waals surface area contributed by atoms with Gasteiger partial charge in [-0.1, -0.05) is 6.07 Å². The number of carbonyl (C=O) groups is 2. The van der Waals surface area contributed by atoms with Crippen LogP contribution in [0, 0.1) is 17.6 Å². The van der Waals surface area contributed by atoms with Crippen molar-refractivity contribution in [2.24, 2.45) is 5.92 Å². The lowest BCUT2D eigenvalue weighted by molar-refractivity contribution is -0.0861. The molecule has 5 nitrogen and oxygen atoms in total. The van der Waals surface area contributed by atoms with Crippen molar-refractivity contribution >= 4 is 11.9 Å². The van der Waals surface area contributed by atoms with E-state index in [0.717, 1.165) is 6.07 Å². The van der Waals surface area contributed by atoms with Crippen LogP contribution in [0.3, 0.4) is 0 Å². The smallest absolute Gasteiger partial charge is 0.410 e. The first kappa shape index (κ1) is 18.8. The van der Waals surface area contributed by atoms with E-state index in [-0.39, 0.29) is 17.6 Å². The van der Waals surface area contributed by atoms with Crippen LogP contribution in [0.1, 0.15) is 44.0 Å². The van der Waals surface area contributed by atoms with Crippen LogP contribution in [0.25, 0.3) is 0 Å². The summed E-state index contributed by atoms with van der Waals surface area (Å²) < 4.78 is 38.4. The zero-order chi connectivity index (χ0) is 19.1. The van der Waals surface area contributed by atoms with Crippen LogP contribution < -0.4 is 0 Å². The van der Waals surface area contributed by atoms with E-state index in [1.54, 1.807) is 25.7 Å². The van der Waals surface area contributed by atoms with Crippen molar-refractivity contribution in [2.45, 2.75) is 51.3 Å². The van der Waals surface area contributed by atoms with Gasteiger partial charge < -0.3 is 9.47 Å². The lowest BCUT2D eigenvalue weighted by Gasteiger charge is -2.47. The number of halogens is 2. The number of amides is 1. The Balaban J connectivity index is 1.78. The Morgan fingerprint density at radius 3 is 2.35 bits per heavy atom. The summed E-state index contributed by atoms with van der Waals surface area (Å²) in [7, 11) is 0. The Labute approximate surface area is 151 Å². The van der Waals surface area contributed by atoms with Crippen LogP contribution in [0.4, 0.5) is 13.6 Å². The van der Waals surface area contributed by atoms with Crippen LogP contribution in [0.15, 0.2) is 18.2 Å². The molecule has 1 aromatic carbocycles. The third-order valence-corrected chi connectivity index (χ3v) is 4.71. The molecule has 2 unspecified atom stereocenters. The van der Waals surface area contributed by atoms with E-state index >= 15 is 0 Å². The van der Waals surface area contributed by atoms with Gasteiger partial charge in [0, 0.05) is 5.92 Å². The molecular formula is C19H23F2NO4. The molecule has 2 saturated heterocycles. The molecule has 2 atom stereocenters. The normalized spacial score (nSPS) is 25.7. The quantitative estimate of drug-likeness (QED) is 0.750. The number of carbonyl (C=O) groups excluding carboxylic acids is 2. The average Bonchev–Trinajstić information content (AvgIpc) is 2.54. The number of hydrogen-bond donors (Lipinski definition) is 0. The van der Waals surface area contributed by atoms with Gasteiger partial charge in [0.1, 0.15) is 5.60 Å². The van der Waals surface area contributed by atoms with Crippen molar-refractivity contribution in [3.63, 3.8) is 0 Å². The maximum atomic E-state index is 14.0. The minimum Gasteiger partial charge on any atom is -0.444 e. The predicted molar refractivity (Wildman–Crippen MR) is 89.9 cm³/mol. The number of morpholine rings is 1. The summed E-state index contributed by atoms with van der Waals surface area (Å²) in [5, 5.41) is 0. The van der Waals surface area contributed by atoms with E-state index in [1.807, 2.05) is 0 Å². The van der Waals surface area contributed by atoms with E-state index in [1.165, 1.54) is 12.1 Å². The lowest BCUT2D eigenvalue weighted by atomic mass is 9.80. The fourth-order valence-electron chi connectivity index (χ4n) is 3.66. The number of piperidine rings is 1. The van der Waals surface area contributed by atoms with Crippen molar-refractivity contribution < 1.29 is 27.8 Å². The molecule has 2 fully saturated rings. The second-order valence-corrected chi connectivity index (χ2v) is 7.87. The molecule has 26 heavy (non-hydrogen) atoms. The molecule has 0 radical (unpaired) electrons. The van der Waals surface area contributed by atoms with Gasteiger partial charge in [0.05, 0.1) is 30.9 Å². The Hall–Kier alpha value is -2.02. The Bertz CT molecular complexity index is 702. The van der Waals surface area contributed by atoms with Gasteiger partial charge in [0.25, 0.3) is 0 Å². The van der Waals surface area contributed by atoms with E-state index in [2.05, 4.69) is 0 Å². The van der Waals surface area contributed by atoms with Crippen LogP contribution in [0.2, 0.25) is 0 Å². The first-order valence-corrected chi connectivity index (χ1v) is 8.74. The third kappa shape index (κ3) is 3.72. The highest BCUT2D eigenvalue weighted by atomic mass is 19.2. The number of rotatable bonds is 2. The number of nitrogens with zero attached hydrogens (tertiary/aromatic N) is 1. The minimum absolute atomic E-state index is 0.236. The van der Waals surface area contributed by atoms with Crippen molar-refractivity contribution in [1.82, 2.24) is 4.90 Å². The number of benzene rings is 1. The highest BCUT2D eigenvalue weighted by molar-refractivity contribution is 5.98. The number of Topliss-reactive ketones (excluding diaryl/α,β-unsaturated/α-hetero) is 1. The molecule has 142 valence electrons. The standard InChI is InChI=1S/C19H23F2NO4/c1-19(2,3)26-18(24)22-12-7-11(8-13(22)10-25-9-12)17(23)14-5-4-6-15(20)16(14)21/h4-6,11-13H,7-10H2,1-3H3. The van der Waals surface area contributed by atoms with Gasteiger partial charge in [-0.05, 0) is 45.7 Å². The summed E-state index contributed by atoms with van der Waals surface area (Å²) in [5.41, 5.74) is -0.858. The van der Waals surface area contributed by atoms with E-state index in [9.17, 15) is 18.4 Å². The second kappa shape index (κ2) is 6.95. The average molecular weight is 367 g/mol. The molecule has 0 aliphatic carbocycles. The lowest BCUT2D eigenvalue weighted by Crippen LogP contribution is -2.60. The van der Waals surface area contributed by atoms with Crippen LogP contribution >= 0.6 is 0 Å². The first-order chi connectivity index (χ1) is 12.2. The second-order valence-electron chi connectivity index (χ2n) is 7.87. The Morgan fingerprint density at radius 1 is 1.15 bits per heavy atom. The van der Waals surface area contributed by atoms with Gasteiger partial charge in [-0.3, -0.25) is 9.69 Å². The predicted octanol–water partition coefficient (Wildman–Crippen LogP) is 3.56. The van der Waals surface area contributed by atoms with Crippen molar-refractivity contribution in [3.05, 3.63) is 35.4 Å². The molecule has 0 saturated carbocycles. The number of fused-ring (bicyclic) bond motifs is 2. The summed E-state index contributed by atoms with van der Waals surface area (Å²) in [6.07, 6.45) is 0.244. The maximum absolute atomic E-state index is 14.0. The van der Waals surface area contributed by atoms with Gasteiger partial charge in [0.2, 0.25) is 0 Å². The molecule has 0 aromatic heterocycles. The number of hydrogen-bond acceptors (Lipinski definition) is 4. The third-order valence-electron chi connectivity index (χ3n) is 4.71. The molecule has 2 bridgehead atoms.